The fourth-order valence-corrected chi connectivity index (χ4v) is 2.29. The molecule has 108 valence electrons. The lowest BCUT2D eigenvalue weighted by molar-refractivity contribution is -0.139. The van der Waals surface area contributed by atoms with E-state index in [0.29, 0.717) is 6.54 Å². The van der Waals surface area contributed by atoms with Crippen LogP contribution in [0.25, 0.3) is 0 Å². The summed E-state index contributed by atoms with van der Waals surface area (Å²) in [7, 11) is 2.02. The smallest absolute Gasteiger partial charge is 0.326 e. The van der Waals surface area contributed by atoms with Gasteiger partial charge in [-0.15, -0.1) is 6.58 Å². The first-order chi connectivity index (χ1) is 8.95. The third-order valence-corrected chi connectivity index (χ3v) is 3.31. The second-order valence-electron chi connectivity index (χ2n) is 5.02. The summed E-state index contributed by atoms with van der Waals surface area (Å²) in [5.41, 5.74) is 0. The first-order valence-corrected chi connectivity index (χ1v) is 6.55. The molecule has 1 saturated heterocycles. The molecule has 1 heterocycles. The summed E-state index contributed by atoms with van der Waals surface area (Å²) in [5.74, 6) is -1.03. The summed E-state index contributed by atoms with van der Waals surface area (Å²) >= 11 is 0. The SMILES string of the molecule is C=CCC(NC(=O)N1CCCN(C)CC1C)C(=O)O. The number of aliphatic carboxylic acids is 1. The average Bonchev–Trinajstić information content (AvgIpc) is 2.49. The number of carbonyl (C=O) groups excluding carboxylic acids is 1. The van der Waals surface area contributed by atoms with Gasteiger partial charge >= 0.3 is 12.0 Å². The molecule has 1 aliphatic rings. The Hall–Kier alpha value is -1.56. The van der Waals surface area contributed by atoms with Crippen LogP contribution in [0.15, 0.2) is 12.7 Å². The van der Waals surface area contributed by atoms with E-state index < -0.39 is 12.0 Å². The molecule has 0 saturated carbocycles. The Morgan fingerprint density at radius 2 is 2.21 bits per heavy atom. The Labute approximate surface area is 114 Å². The Balaban J connectivity index is 2.64. The van der Waals surface area contributed by atoms with Gasteiger partial charge in [0, 0.05) is 19.1 Å². The molecule has 0 spiro atoms. The van der Waals surface area contributed by atoms with Gasteiger partial charge in [0.1, 0.15) is 6.04 Å². The molecular weight excluding hydrogens is 246 g/mol. The van der Waals surface area contributed by atoms with Gasteiger partial charge in [0.2, 0.25) is 0 Å². The maximum atomic E-state index is 12.2. The molecule has 6 nitrogen and oxygen atoms in total. The molecule has 1 rings (SSSR count). The Morgan fingerprint density at radius 3 is 2.79 bits per heavy atom. The van der Waals surface area contributed by atoms with Crippen LogP contribution in [0.1, 0.15) is 19.8 Å². The topological polar surface area (TPSA) is 72.9 Å². The number of carbonyl (C=O) groups is 2. The van der Waals surface area contributed by atoms with E-state index in [4.69, 9.17) is 5.11 Å². The molecule has 2 atom stereocenters. The van der Waals surface area contributed by atoms with Crippen LogP contribution >= 0.6 is 0 Å². The number of carboxylic acids is 1. The normalized spacial score (nSPS) is 22.4. The van der Waals surface area contributed by atoms with E-state index in [9.17, 15) is 9.59 Å². The lowest BCUT2D eigenvalue weighted by Crippen LogP contribution is -2.51. The number of hydrogen-bond donors (Lipinski definition) is 2. The molecule has 0 bridgehead atoms. The van der Waals surface area contributed by atoms with Crippen molar-refractivity contribution in [3.05, 3.63) is 12.7 Å². The minimum atomic E-state index is -1.03. The van der Waals surface area contributed by atoms with Crippen molar-refractivity contribution in [2.45, 2.75) is 31.8 Å². The van der Waals surface area contributed by atoms with Gasteiger partial charge in [-0.25, -0.2) is 9.59 Å². The van der Waals surface area contributed by atoms with Crippen molar-refractivity contribution >= 4 is 12.0 Å². The number of urea groups is 1. The molecule has 6 heteroatoms. The lowest BCUT2D eigenvalue weighted by atomic mass is 10.2. The maximum absolute atomic E-state index is 12.2. The highest BCUT2D eigenvalue weighted by Crippen LogP contribution is 2.09. The molecule has 0 aromatic heterocycles. The predicted molar refractivity (Wildman–Crippen MR) is 73.1 cm³/mol. The summed E-state index contributed by atoms with van der Waals surface area (Å²) in [6, 6.07) is -1.14. The standard InChI is InChI=1S/C13H23N3O3/c1-4-6-11(12(17)18)14-13(19)16-8-5-7-15(3)9-10(16)2/h4,10-11H,1,5-9H2,2-3H3,(H,14,19)(H,17,18). The number of carboxylic acid groups (broad SMARTS) is 1. The summed E-state index contributed by atoms with van der Waals surface area (Å²) in [6.07, 6.45) is 2.62. The zero-order valence-corrected chi connectivity index (χ0v) is 11.6. The Bertz CT molecular complexity index is 346. The zero-order valence-electron chi connectivity index (χ0n) is 11.6. The van der Waals surface area contributed by atoms with Gasteiger partial charge < -0.3 is 20.2 Å². The minimum Gasteiger partial charge on any atom is -0.480 e. The van der Waals surface area contributed by atoms with Gasteiger partial charge in [-0.3, -0.25) is 0 Å². The monoisotopic (exact) mass is 269 g/mol. The summed E-state index contributed by atoms with van der Waals surface area (Å²) in [5, 5.41) is 11.6. The first kappa shape index (κ1) is 15.5. The second kappa shape index (κ2) is 7.13. The van der Waals surface area contributed by atoms with Crippen molar-refractivity contribution < 1.29 is 14.7 Å². The molecule has 2 N–H and O–H groups in total. The van der Waals surface area contributed by atoms with Crippen molar-refractivity contribution in [3.63, 3.8) is 0 Å². The Kier molecular flexibility index (Phi) is 5.82. The fourth-order valence-electron chi connectivity index (χ4n) is 2.29. The number of likely N-dealkylation sites (N-methyl/N-ethyl adjacent to an activating group) is 1. The number of hydrogen-bond acceptors (Lipinski definition) is 3. The Morgan fingerprint density at radius 1 is 1.53 bits per heavy atom. The molecule has 19 heavy (non-hydrogen) atoms. The maximum Gasteiger partial charge on any atom is 0.326 e. The van der Waals surface area contributed by atoms with Gasteiger partial charge in [0.15, 0.2) is 0 Å². The highest BCUT2D eigenvalue weighted by molar-refractivity contribution is 5.82. The van der Waals surface area contributed by atoms with E-state index in [0.717, 1.165) is 19.5 Å². The third-order valence-electron chi connectivity index (χ3n) is 3.31. The van der Waals surface area contributed by atoms with Gasteiger partial charge in [-0.05, 0) is 33.4 Å². The molecule has 0 aromatic carbocycles. The number of amides is 2. The van der Waals surface area contributed by atoms with Gasteiger partial charge in [-0.1, -0.05) is 6.08 Å². The fraction of sp³-hybridized carbons (Fsp3) is 0.692. The van der Waals surface area contributed by atoms with Crippen LogP contribution in [0.2, 0.25) is 0 Å². The van der Waals surface area contributed by atoms with Crippen LogP contribution in [0, 0.1) is 0 Å². The van der Waals surface area contributed by atoms with Gasteiger partial charge in [-0.2, -0.15) is 0 Å². The van der Waals surface area contributed by atoms with Crippen LogP contribution in [0.3, 0.4) is 0 Å². The van der Waals surface area contributed by atoms with Gasteiger partial charge in [0.05, 0.1) is 0 Å². The largest absolute Gasteiger partial charge is 0.480 e. The van der Waals surface area contributed by atoms with Crippen LogP contribution in [0.4, 0.5) is 4.79 Å². The van der Waals surface area contributed by atoms with Crippen molar-refractivity contribution in [1.82, 2.24) is 15.1 Å². The highest BCUT2D eigenvalue weighted by Gasteiger charge is 2.27. The predicted octanol–water partition coefficient (Wildman–Crippen LogP) is 0.751. The van der Waals surface area contributed by atoms with Crippen LogP contribution in [-0.2, 0) is 4.79 Å². The minimum absolute atomic E-state index is 0.0747. The number of nitrogens with zero attached hydrogens (tertiary/aromatic N) is 2. The molecule has 0 aromatic rings. The van der Waals surface area contributed by atoms with Crippen molar-refractivity contribution in [2.24, 2.45) is 0 Å². The van der Waals surface area contributed by atoms with E-state index >= 15 is 0 Å². The van der Waals surface area contributed by atoms with Crippen LogP contribution < -0.4 is 5.32 Å². The van der Waals surface area contributed by atoms with E-state index in [1.165, 1.54) is 6.08 Å². The number of rotatable bonds is 4. The van der Waals surface area contributed by atoms with E-state index in [-0.39, 0.29) is 18.5 Å². The van der Waals surface area contributed by atoms with E-state index in [2.05, 4.69) is 16.8 Å². The van der Waals surface area contributed by atoms with Crippen molar-refractivity contribution in [3.8, 4) is 0 Å². The molecule has 0 aliphatic carbocycles. The van der Waals surface area contributed by atoms with E-state index in [1.807, 2.05) is 14.0 Å². The van der Waals surface area contributed by atoms with E-state index in [1.54, 1.807) is 4.90 Å². The third kappa shape index (κ3) is 4.55. The van der Waals surface area contributed by atoms with Crippen molar-refractivity contribution in [1.29, 1.82) is 0 Å². The summed E-state index contributed by atoms with van der Waals surface area (Å²) in [4.78, 5) is 27.1. The van der Waals surface area contributed by atoms with Crippen LogP contribution in [0.5, 0.6) is 0 Å². The van der Waals surface area contributed by atoms with Crippen molar-refractivity contribution in [2.75, 3.05) is 26.7 Å². The number of nitrogens with one attached hydrogen (secondary N) is 1. The first-order valence-electron chi connectivity index (χ1n) is 6.55. The molecular formula is C13H23N3O3. The lowest BCUT2D eigenvalue weighted by Gasteiger charge is -2.29. The summed E-state index contributed by atoms with van der Waals surface area (Å²) in [6.45, 7) is 7.88. The zero-order chi connectivity index (χ0) is 14.4. The second-order valence-corrected chi connectivity index (χ2v) is 5.02. The highest BCUT2D eigenvalue weighted by atomic mass is 16.4. The molecule has 2 unspecified atom stereocenters. The van der Waals surface area contributed by atoms with Crippen LogP contribution in [-0.4, -0.2) is 65.7 Å². The molecule has 1 fully saturated rings. The summed E-state index contributed by atoms with van der Waals surface area (Å²) < 4.78 is 0. The average molecular weight is 269 g/mol. The quantitative estimate of drug-likeness (QED) is 0.739. The molecule has 2 amide bonds. The molecule has 0 radical (unpaired) electrons. The molecule has 1 aliphatic heterocycles. The van der Waals surface area contributed by atoms with Gasteiger partial charge in [0.25, 0.3) is 0 Å².